The van der Waals surface area contributed by atoms with Gasteiger partial charge >= 0.3 is 12.4 Å². The quantitative estimate of drug-likeness (QED) is 0.530. The molecule has 1 unspecified atom stereocenters. The topological polar surface area (TPSA) is 31.6 Å². The van der Waals surface area contributed by atoms with Crippen LogP contribution in [0.25, 0.3) is 11.2 Å². The Morgan fingerprint density at radius 2 is 1.73 bits per heavy atom. The van der Waals surface area contributed by atoms with Crippen molar-refractivity contribution >= 4 is 23.2 Å². The molecule has 2 aromatic carbocycles. The molecule has 0 saturated carbocycles. The second kappa shape index (κ2) is 5.40. The van der Waals surface area contributed by atoms with E-state index in [1.54, 1.807) is 7.11 Å². The Labute approximate surface area is 152 Å². The number of fused-ring (bicyclic) bond motifs is 4. The predicted molar refractivity (Wildman–Crippen MR) is 102 cm³/mol. The highest BCUT2D eigenvalue weighted by atomic mass is 16.6. The van der Waals surface area contributed by atoms with Gasteiger partial charge in [0.05, 0.1) is 12.9 Å². The monoisotopic (exact) mass is 343 g/mol. The van der Waals surface area contributed by atoms with Gasteiger partial charge in [-0.15, -0.1) is 10.0 Å². The van der Waals surface area contributed by atoms with Crippen molar-refractivity contribution < 1.29 is 18.6 Å². The minimum absolute atomic E-state index is 0.768. The summed E-state index contributed by atoms with van der Waals surface area (Å²) in [7, 11) is 1.66. The van der Waals surface area contributed by atoms with Crippen LogP contribution in [-0.2, 0) is 0 Å². The van der Waals surface area contributed by atoms with Gasteiger partial charge in [-0.1, -0.05) is 36.4 Å². The maximum absolute atomic E-state index is 6.56. The van der Waals surface area contributed by atoms with Crippen molar-refractivity contribution in [3.63, 3.8) is 0 Å². The van der Waals surface area contributed by atoms with Gasteiger partial charge in [0.1, 0.15) is 5.75 Å². The molecule has 26 heavy (non-hydrogen) atoms. The SMILES string of the molecule is COc1ccc2c(c1)O[B-]1(c3ccccc3)Oc3cccc[n+]3C(C)=C21. The zero-order valence-electron chi connectivity index (χ0n) is 14.7. The molecule has 0 radical (unpaired) electrons. The summed E-state index contributed by atoms with van der Waals surface area (Å²) in [6, 6.07) is 22.1. The Kier molecular flexibility index (Phi) is 3.13. The van der Waals surface area contributed by atoms with Crippen LogP contribution in [0.5, 0.6) is 17.4 Å². The van der Waals surface area contributed by atoms with Gasteiger partial charge in [0, 0.05) is 25.1 Å². The van der Waals surface area contributed by atoms with E-state index in [2.05, 4.69) is 29.7 Å². The lowest BCUT2D eigenvalue weighted by molar-refractivity contribution is -0.587. The normalized spacial score (nSPS) is 19.8. The number of hydrogen-bond acceptors (Lipinski definition) is 3. The van der Waals surface area contributed by atoms with Crippen LogP contribution in [0.3, 0.4) is 0 Å². The molecule has 1 aromatic heterocycles. The fourth-order valence-electron chi connectivity index (χ4n) is 4.05. The van der Waals surface area contributed by atoms with Crippen LogP contribution in [0.15, 0.2) is 72.9 Å². The number of benzene rings is 2. The number of methoxy groups -OCH3 is 1. The van der Waals surface area contributed by atoms with E-state index >= 15 is 0 Å². The molecule has 0 spiro atoms. The van der Waals surface area contributed by atoms with Crippen LogP contribution in [0.2, 0.25) is 0 Å². The molecule has 128 valence electrons. The lowest BCUT2D eigenvalue weighted by Gasteiger charge is -2.40. The van der Waals surface area contributed by atoms with Crippen LogP contribution in [-0.4, -0.2) is 13.7 Å². The summed E-state index contributed by atoms with van der Waals surface area (Å²) in [4.78, 5) is 0. The van der Waals surface area contributed by atoms with Crippen molar-refractivity contribution in [2.75, 3.05) is 7.11 Å². The van der Waals surface area contributed by atoms with Crippen molar-refractivity contribution in [2.45, 2.75) is 6.92 Å². The van der Waals surface area contributed by atoms with Crippen LogP contribution < -0.4 is 24.1 Å². The lowest BCUT2D eigenvalue weighted by atomic mass is 9.45. The molecule has 5 rings (SSSR count). The molecular weight excluding hydrogens is 325 g/mol. The minimum atomic E-state index is -1.84. The minimum Gasteiger partial charge on any atom is -0.675 e. The molecule has 0 aliphatic carbocycles. The summed E-state index contributed by atoms with van der Waals surface area (Å²) >= 11 is 0. The Hall–Kier alpha value is -3.21. The molecule has 0 amide bonds. The van der Waals surface area contributed by atoms with Gasteiger partial charge in [-0.05, 0) is 23.2 Å². The second-order valence-corrected chi connectivity index (χ2v) is 6.63. The van der Waals surface area contributed by atoms with E-state index in [9.17, 15) is 0 Å². The summed E-state index contributed by atoms with van der Waals surface area (Å²) in [5.41, 5.74) is 4.26. The molecule has 1 atom stereocenters. The maximum atomic E-state index is 6.56. The molecule has 0 N–H and O–H groups in total. The zero-order valence-corrected chi connectivity index (χ0v) is 14.7. The Balaban J connectivity index is 1.82. The van der Waals surface area contributed by atoms with Gasteiger partial charge in [0.25, 0.3) is 0 Å². The first-order valence-electron chi connectivity index (χ1n) is 8.71. The van der Waals surface area contributed by atoms with Crippen molar-refractivity contribution in [1.82, 2.24) is 0 Å². The van der Waals surface area contributed by atoms with Crippen LogP contribution in [0.4, 0.5) is 0 Å². The highest BCUT2D eigenvalue weighted by Crippen LogP contribution is 2.46. The smallest absolute Gasteiger partial charge is 0.416 e. The molecule has 3 aromatic rings. The summed E-state index contributed by atoms with van der Waals surface area (Å²) in [5, 5.41) is 0. The molecular formula is C21H18BNO3. The van der Waals surface area contributed by atoms with E-state index in [1.807, 2.05) is 54.7 Å². The fraction of sp³-hybridized carbons (Fsp3) is 0.0952. The second-order valence-electron chi connectivity index (χ2n) is 6.63. The number of ether oxygens (including phenoxy) is 1. The molecule has 2 aliphatic rings. The molecule has 0 saturated heterocycles. The molecule has 3 heterocycles. The number of rotatable bonds is 2. The first-order chi connectivity index (χ1) is 12.7. The number of pyridine rings is 1. The van der Waals surface area contributed by atoms with E-state index in [4.69, 9.17) is 14.0 Å². The summed E-state index contributed by atoms with van der Waals surface area (Å²) < 4.78 is 20.6. The molecule has 0 fully saturated rings. The summed E-state index contributed by atoms with van der Waals surface area (Å²) in [6.45, 7) is 0.271. The largest absolute Gasteiger partial charge is 0.675 e. The average molecular weight is 343 g/mol. The van der Waals surface area contributed by atoms with Gasteiger partial charge in [-0.25, -0.2) is 0 Å². The first-order valence-corrected chi connectivity index (χ1v) is 8.71. The molecule has 5 heteroatoms. The summed E-state index contributed by atoms with van der Waals surface area (Å²) in [6.07, 6.45) is 2.02. The van der Waals surface area contributed by atoms with Gasteiger partial charge in [-0.3, -0.25) is 0 Å². The van der Waals surface area contributed by atoms with E-state index in [1.165, 1.54) is 0 Å². The average Bonchev–Trinajstić information content (AvgIpc) is 3.03. The number of nitrogens with zero attached hydrogens (tertiary/aromatic N) is 1. The lowest BCUT2D eigenvalue weighted by Crippen LogP contribution is -2.63. The van der Waals surface area contributed by atoms with Gasteiger partial charge in [-0.2, -0.15) is 0 Å². The van der Waals surface area contributed by atoms with Crippen LogP contribution >= 0.6 is 0 Å². The van der Waals surface area contributed by atoms with Crippen molar-refractivity contribution in [3.8, 4) is 17.4 Å². The molecule has 2 aliphatic heterocycles. The Morgan fingerprint density at radius 1 is 0.923 bits per heavy atom. The fourth-order valence-corrected chi connectivity index (χ4v) is 4.05. The predicted octanol–water partition coefficient (Wildman–Crippen LogP) is 3.04. The van der Waals surface area contributed by atoms with E-state index in [0.29, 0.717) is 0 Å². The summed E-state index contributed by atoms with van der Waals surface area (Å²) in [5.74, 6) is 2.33. The Morgan fingerprint density at radius 3 is 2.54 bits per heavy atom. The van der Waals surface area contributed by atoms with E-state index in [-0.39, 0.29) is 0 Å². The van der Waals surface area contributed by atoms with Crippen LogP contribution in [0, 0.1) is 0 Å². The van der Waals surface area contributed by atoms with Gasteiger partial charge in [0.2, 0.25) is 0 Å². The van der Waals surface area contributed by atoms with Crippen molar-refractivity contribution in [3.05, 3.63) is 78.5 Å². The first kappa shape index (κ1) is 15.1. The highest BCUT2D eigenvalue weighted by molar-refractivity contribution is 7.00. The van der Waals surface area contributed by atoms with E-state index < -0.39 is 6.55 Å². The third kappa shape index (κ3) is 1.94. The highest BCUT2D eigenvalue weighted by Gasteiger charge is 2.50. The zero-order chi connectivity index (χ0) is 17.7. The number of allylic oxidation sites excluding steroid dienone is 1. The Bertz CT molecular complexity index is 1050. The standard InChI is InChI=1S/C21H18BNO3/c1-15-21-18-12-11-17(24-2)14-19(18)25-22(21,16-8-4-3-5-9-16)26-20-10-6-7-13-23(15)20/h3-14H,1-2H3. The van der Waals surface area contributed by atoms with Crippen LogP contribution in [0.1, 0.15) is 12.5 Å². The molecule has 0 bridgehead atoms. The van der Waals surface area contributed by atoms with Gasteiger partial charge in [0.15, 0.2) is 11.9 Å². The van der Waals surface area contributed by atoms with Crippen molar-refractivity contribution in [2.24, 2.45) is 0 Å². The molecule has 4 nitrogen and oxygen atoms in total. The maximum Gasteiger partial charge on any atom is 0.416 e. The number of aromatic nitrogens is 1. The van der Waals surface area contributed by atoms with Crippen molar-refractivity contribution in [1.29, 1.82) is 0 Å². The number of hydrogen-bond donors (Lipinski definition) is 0. The third-order valence-electron chi connectivity index (χ3n) is 5.25. The third-order valence-corrected chi connectivity index (χ3v) is 5.25. The van der Waals surface area contributed by atoms with Gasteiger partial charge < -0.3 is 14.0 Å². The van der Waals surface area contributed by atoms with E-state index in [0.717, 1.165) is 39.6 Å².